The first-order valence-electron chi connectivity index (χ1n) is 5.56. The van der Waals surface area contributed by atoms with Crippen molar-refractivity contribution >= 4 is 21.6 Å². The average Bonchev–Trinajstić information content (AvgIpc) is 2.81. The van der Waals surface area contributed by atoms with Crippen molar-refractivity contribution in [1.29, 1.82) is 0 Å². The highest BCUT2D eigenvalue weighted by atomic mass is 79.9. The summed E-state index contributed by atoms with van der Waals surface area (Å²) in [5.74, 6) is -0.613. The van der Waals surface area contributed by atoms with Gasteiger partial charge in [0.25, 0.3) is 0 Å². The van der Waals surface area contributed by atoms with E-state index in [4.69, 9.17) is 4.42 Å². The van der Waals surface area contributed by atoms with Gasteiger partial charge in [-0.15, -0.1) is 0 Å². The van der Waals surface area contributed by atoms with Gasteiger partial charge in [-0.3, -0.25) is 0 Å². The van der Waals surface area contributed by atoms with Gasteiger partial charge in [0.1, 0.15) is 23.1 Å². The summed E-state index contributed by atoms with van der Waals surface area (Å²) in [6, 6.07) is 5.70. The number of furan rings is 1. The van der Waals surface area contributed by atoms with Gasteiger partial charge in [-0.05, 0) is 30.7 Å². The molecule has 2 nitrogen and oxygen atoms in total. The van der Waals surface area contributed by atoms with Crippen LogP contribution in [0.1, 0.15) is 25.1 Å². The van der Waals surface area contributed by atoms with Crippen LogP contribution in [0.5, 0.6) is 0 Å². The highest BCUT2D eigenvalue weighted by molar-refractivity contribution is 9.10. The maximum absolute atomic E-state index is 13.7. The summed E-state index contributed by atoms with van der Waals surface area (Å²) >= 11 is 3.04. The minimum Gasteiger partial charge on any atom is -0.467 e. The number of anilines is 1. The molecule has 0 aliphatic heterocycles. The van der Waals surface area contributed by atoms with Gasteiger partial charge in [0.15, 0.2) is 0 Å². The molecule has 2 aromatic rings. The fourth-order valence-electron chi connectivity index (χ4n) is 1.72. The molecule has 0 amide bonds. The van der Waals surface area contributed by atoms with Crippen molar-refractivity contribution in [1.82, 2.24) is 0 Å². The van der Waals surface area contributed by atoms with Gasteiger partial charge in [0.2, 0.25) is 0 Å². The zero-order valence-electron chi connectivity index (χ0n) is 9.71. The molecular formula is C13H12BrF2NO. The Bertz CT molecular complexity index is 505. The highest BCUT2D eigenvalue weighted by Crippen LogP contribution is 2.29. The Morgan fingerprint density at radius 3 is 2.50 bits per heavy atom. The van der Waals surface area contributed by atoms with Crippen molar-refractivity contribution in [2.24, 2.45) is 0 Å². The van der Waals surface area contributed by atoms with Crippen LogP contribution >= 0.6 is 15.9 Å². The number of hydrogen-bond donors (Lipinski definition) is 1. The average molecular weight is 316 g/mol. The molecule has 0 spiro atoms. The number of rotatable bonds is 4. The van der Waals surface area contributed by atoms with Crippen molar-refractivity contribution in [3.05, 3.63) is 52.4 Å². The number of benzene rings is 1. The molecule has 1 N–H and O–H groups in total. The molecular weight excluding hydrogens is 304 g/mol. The van der Waals surface area contributed by atoms with Crippen LogP contribution in [0.25, 0.3) is 0 Å². The topological polar surface area (TPSA) is 25.2 Å². The van der Waals surface area contributed by atoms with Crippen LogP contribution in [0, 0.1) is 11.6 Å². The summed E-state index contributed by atoms with van der Waals surface area (Å²) in [4.78, 5) is 0. The minimum atomic E-state index is -0.633. The van der Waals surface area contributed by atoms with E-state index >= 15 is 0 Å². The molecule has 0 aliphatic carbocycles. The van der Waals surface area contributed by atoms with Crippen LogP contribution in [0.15, 0.2) is 39.4 Å². The number of hydrogen-bond acceptors (Lipinski definition) is 2. The molecule has 0 saturated carbocycles. The van der Waals surface area contributed by atoms with Gasteiger partial charge in [0.05, 0.1) is 12.3 Å². The van der Waals surface area contributed by atoms with Crippen LogP contribution in [-0.2, 0) is 0 Å². The lowest BCUT2D eigenvalue weighted by molar-refractivity contribution is 0.470. The van der Waals surface area contributed by atoms with Crippen molar-refractivity contribution in [2.75, 3.05) is 5.32 Å². The Balaban J connectivity index is 2.28. The molecule has 1 unspecified atom stereocenters. The Labute approximate surface area is 112 Å². The molecule has 0 aliphatic rings. The van der Waals surface area contributed by atoms with E-state index in [-0.39, 0.29) is 11.7 Å². The van der Waals surface area contributed by atoms with Crippen LogP contribution in [0.2, 0.25) is 0 Å². The largest absolute Gasteiger partial charge is 0.467 e. The van der Waals surface area contributed by atoms with Crippen molar-refractivity contribution in [2.45, 2.75) is 19.4 Å². The third-order valence-corrected chi connectivity index (χ3v) is 3.08. The summed E-state index contributed by atoms with van der Waals surface area (Å²) in [5, 5.41) is 2.83. The second kappa shape index (κ2) is 5.52. The third kappa shape index (κ3) is 2.72. The fourth-order valence-corrected chi connectivity index (χ4v) is 2.12. The summed E-state index contributed by atoms with van der Waals surface area (Å²) < 4.78 is 33.0. The second-order valence-electron chi connectivity index (χ2n) is 3.87. The van der Waals surface area contributed by atoms with Crippen LogP contribution in [0.3, 0.4) is 0 Å². The van der Waals surface area contributed by atoms with E-state index in [2.05, 4.69) is 21.2 Å². The SMILES string of the molecule is CCC(Nc1c(F)cc(Br)cc1F)c1ccco1. The molecule has 2 rings (SSSR count). The Morgan fingerprint density at radius 1 is 1.33 bits per heavy atom. The van der Waals surface area contributed by atoms with E-state index in [0.29, 0.717) is 16.7 Å². The van der Waals surface area contributed by atoms with E-state index < -0.39 is 11.6 Å². The second-order valence-corrected chi connectivity index (χ2v) is 4.78. The molecule has 0 bridgehead atoms. The molecule has 96 valence electrons. The molecule has 1 atom stereocenters. The van der Waals surface area contributed by atoms with Crippen molar-refractivity contribution < 1.29 is 13.2 Å². The highest BCUT2D eigenvalue weighted by Gasteiger charge is 2.17. The lowest BCUT2D eigenvalue weighted by Gasteiger charge is -2.17. The lowest BCUT2D eigenvalue weighted by Crippen LogP contribution is -2.11. The van der Waals surface area contributed by atoms with E-state index in [1.807, 2.05) is 6.92 Å². The van der Waals surface area contributed by atoms with Crippen LogP contribution in [0.4, 0.5) is 14.5 Å². The first-order chi connectivity index (χ1) is 8.61. The monoisotopic (exact) mass is 315 g/mol. The summed E-state index contributed by atoms with van der Waals surface area (Å²) in [6.45, 7) is 1.91. The van der Waals surface area contributed by atoms with Crippen LogP contribution < -0.4 is 5.32 Å². The van der Waals surface area contributed by atoms with E-state index in [1.54, 1.807) is 12.1 Å². The van der Waals surface area contributed by atoms with Crippen LogP contribution in [-0.4, -0.2) is 0 Å². The molecule has 1 heterocycles. The first kappa shape index (κ1) is 13.1. The third-order valence-electron chi connectivity index (χ3n) is 2.62. The van der Waals surface area contributed by atoms with Gasteiger partial charge in [-0.1, -0.05) is 22.9 Å². The zero-order chi connectivity index (χ0) is 13.1. The van der Waals surface area contributed by atoms with Gasteiger partial charge in [0, 0.05) is 4.47 Å². The lowest BCUT2D eigenvalue weighted by atomic mass is 10.1. The molecule has 5 heteroatoms. The van der Waals surface area contributed by atoms with Crippen molar-refractivity contribution in [3.8, 4) is 0 Å². The standard InChI is InChI=1S/C13H12BrF2NO/c1-2-11(12-4-3-5-18-12)17-13-9(15)6-8(14)7-10(13)16/h3-7,11,17H,2H2,1H3. The predicted molar refractivity (Wildman–Crippen MR) is 69.4 cm³/mol. The Morgan fingerprint density at radius 2 is 2.00 bits per heavy atom. The van der Waals surface area contributed by atoms with E-state index in [9.17, 15) is 8.78 Å². The van der Waals surface area contributed by atoms with Gasteiger partial charge >= 0.3 is 0 Å². The van der Waals surface area contributed by atoms with Gasteiger partial charge in [-0.2, -0.15) is 0 Å². The van der Waals surface area contributed by atoms with E-state index in [1.165, 1.54) is 18.4 Å². The maximum Gasteiger partial charge on any atom is 0.150 e. The maximum atomic E-state index is 13.7. The molecule has 0 saturated heterocycles. The summed E-state index contributed by atoms with van der Waals surface area (Å²) in [6.07, 6.45) is 2.19. The smallest absolute Gasteiger partial charge is 0.150 e. The normalized spacial score (nSPS) is 12.4. The fraction of sp³-hybridized carbons (Fsp3) is 0.231. The first-order valence-corrected chi connectivity index (χ1v) is 6.35. The summed E-state index contributed by atoms with van der Waals surface area (Å²) in [5.41, 5.74) is -0.138. The quantitative estimate of drug-likeness (QED) is 0.869. The predicted octanol–water partition coefficient (Wildman–Crippen LogP) is 4.88. The van der Waals surface area contributed by atoms with Gasteiger partial charge in [-0.25, -0.2) is 8.78 Å². The zero-order valence-corrected chi connectivity index (χ0v) is 11.3. The molecule has 18 heavy (non-hydrogen) atoms. The Hall–Kier alpha value is -1.36. The minimum absolute atomic E-state index is 0.138. The summed E-state index contributed by atoms with van der Waals surface area (Å²) in [7, 11) is 0. The van der Waals surface area contributed by atoms with E-state index in [0.717, 1.165) is 0 Å². The molecule has 1 aromatic carbocycles. The number of nitrogens with one attached hydrogen (secondary N) is 1. The molecule has 0 fully saturated rings. The Kier molecular flexibility index (Phi) is 4.01. The number of halogens is 3. The van der Waals surface area contributed by atoms with Crippen molar-refractivity contribution in [3.63, 3.8) is 0 Å². The van der Waals surface area contributed by atoms with Gasteiger partial charge < -0.3 is 9.73 Å². The molecule has 1 aromatic heterocycles. The molecule has 0 radical (unpaired) electrons.